The number of furan rings is 1. The van der Waals surface area contributed by atoms with E-state index in [4.69, 9.17) is 23.4 Å². The molecule has 0 aliphatic heterocycles. The summed E-state index contributed by atoms with van der Waals surface area (Å²) >= 11 is 1.23. The van der Waals surface area contributed by atoms with E-state index in [1.807, 2.05) is 19.1 Å². The summed E-state index contributed by atoms with van der Waals surface area (Å²) in [5.41, 5.74) is 1.13. The summed E-state index contributed by atoms with van der Waals surface area (Å²) < 4.78 is 29.3. The predicted octanol–water partition coefficient (Wildman–Crippen LogP) is 3.78. The van der Waals surface area contributed by atoms with Gasteiger partial charge in [0.1, 0.15) is 6.54 Å². The van der Waals surface area contributed by atoms with Gasteiger partial charge >= 0.3 is 11.9 Å². The molecule has 0 unspecified atom stereocenters. The number of aromatic nitrogens is 1. The van der Waals surface area contributed by atoms with E-state index >= 15 is 0 Å². The monoisotopic (exact) mass is 470 g/mol. The Morgan fingerprint density at radius 3 is 2.52 bits per heavy atom. The maximum Gasteiger partial charge on any atom is 0.325 e. The Labute approximate surface area is 192 Å². The van der Waals surface area contributed by atoms with Crippen molar-refractivity contribution >= 4 is 44.4 Å². The number of carbonyl (C=O) groups excluding carboxylic acids is 2. The number of hydrogen-bond donors (Lipinski definition) is 0. The van der Waals surface area contributed by atoms with E-state index < -0.39 is 11.9 Å². The Morgan fingerprint density at radius 2 is 1.82 bits per heavy atom. The molecule has 2 aromatic carbocycles. The highest BCUT2D eigenvalue weighted by Crippen LogP contribution is 2.33. The van der Waals surface area contributed by atoms with E-state index in [0.29, 0.717) is 39.8 Å². The number of hydrogen-bond acceptors (Lipinski definition) is 8. The van der Waals surface area contributed by atoms with Crippen LogP contribution in [0.2, 0.25) is 0 Å². The van der Waals surface area contributed by atoms with Crippen LogP contribution >= 0.6 is 11.3 Å². The van der Waals surface area contributed by atoms with Crippen molar-refractivity contribution in [2.75, 3.05) is 27.9 Å². The lowest BCUT2D eigenvalue weighted by atomic mass is 10.2. The number of carbonyl (C=O) groups is 2. The Morgan fingerprint density at radius 1 is 1.06 bits per heavy atom. The van der Waals surface area contributed by atoms with Crippen LogP contribution in [0, 0.1) is 0 Å². The van der Waals surface area contributed by atoms with E-state index in [-0.39, 0.29) is 12.3 Å². The molecule has 172 valence electrons. The van der Waals surface area contributed by atoms with Gasteiger partial charge in [0.05, 0.1) is 38.2 Å². The fourth-order valence-corrected chi connectivity index (χ4v) is 4.42. The average Bonchev–Trinajstić information content (AvgIpc) is 3.40. The lowest BCUT2D eigenvalue weighted by Crippen LogP contribution is -2.22. The molecule has 10 heteroatoms. The third-order valence-corrected chi connectivity index (χ3v) is 5.96. The minimum Gasteiger partial charge on any atom is -0.493 e. The molecule has 0 fully saturated rings. The lowest BCUT2D eigenvalue weighted by molar-refractivity contribution is -0.141. The molecule has 1 amide bonds. The molecule has 0 aliphatic carbocycles. The number of esters is 1. The molecule has 0 saturated heterocycles. The highest BCUT2D eigenvalue weighted by Gasteiger charge is 2.18. The zero-order chi connectivity index (χ0) is 23.5. The van der Waals surface area contributed by atoms with Crippen molar-refractivity contribution in [2.24, 2.45) is 4.99 Å². The molecule has 2 aromatic heterocycles. The zero-order valence-corrected chi connectivity index (χ0v) is 19.4. The van der Waals surface area contributed by atoms with Crippen LogP contribution in [-0.2, 0) is 16.1 Å². The van der Waals surface area contributed by atoms with Crippen LogP contribution in [0.25, 0.3) is 21.2 Å². The largest absolute Gasteiger partial charge is 0.493 e. The quantitative estimate of drug-likeness (QED) is 0.379. The van der Waals surface area contributed by atoms with Gasteiger partial charge in [-0.15, -0.1) is 0 Å². The summed E-state index contributed by atoms with van der Waals surface area (Å²) in [6.45, 7) is 2.21. The maximum atomic E-state index is 13.0. The Bertz CT molecular complexity index is 1410. The van der Waals surface area contributed by atoms with Crippen molar-refractivity contribution in [2.45, 2.75) is 13.5 Å². The number of nitrogens with zero attached hydrogens (tertiary/aromatic N) is 2. The fraction of sp³-hybridized carbons (Fsp3) is 0.261. The van der Waals surface area contributed by atoms with Gasteiger partial charge in [0.25, 0.3) is 0 Å². The van der Waals surface area contributed by atoms with Crippen molar-refractivity contribution < 1.29 is 33.0 Å². The van der Waals surface area contributed by atoms with Gasteiger partial charge in [-0.25, -0.2) is 0 Å². The van der Waals surface area contributed by atoms with Crippen LogP contribution in [0.1, 0.15) is 17.5 Å². The fourth-order valence-electron chi connectivity index (χ4n) is 3.38. The molecule has 0 spiro atoms. The maximum absolute atomic E-state index is 13.0. The Balaban J connectivity index is 1.85. The summed E-state index contributed by atoms with van der Waals surface area (Å²) in [7, 11) is 4.35. The van der Waals surface area contributed by atoms with Gasteiger partial charge in [-0.05, 0) is 19.1 Å². The third-order valence-electron chi connectivity index (χ3n) is 4.92. The van der Waals surface area contributed by atoms with Crippen LogP contribution in [0.15, 0.2) is 45.8 Å². The van der Waals surface area contributed by atoms with Crippen LogP contribution in [-0.4, -0.2) is 44.4 Å². The van der Waals surface area contributed by atoms with Crippen molar-refractivity contribution in [3.8, 4) is 17.2 Å². The molecule has 4 rings (SSSR count). The second-order valence-corrected chi connectivity index (χ2v) is 7.87. The van der Waals surface area contributed by atoms with Crippen LogP contribution in [0.4, 0.5) is 0 Å². The van der Waals surface area contributed by atoms with Gasteiger partial charge in [-0.3, -0.25) is 9.59 Å². The minimum absolute atomic E-state index is 0.0642. The molecule has 0 aliphatic rings. The molecule has 9 nitrogen and oxygen atoms in total. The lowest BCUT2D eigenvalue weighted by Gasteiger charge is -2.08. The van der Waals surface area contributed by atoms with Crippen molar-refractivity contribution in [1.82, 2.24) is 4.57 Å². The second kappa shape index (κ2) is 9.37. The predicted molar refractivity (Wildman–Crippen MR) is 122 cm³/mol. The number of thiazole rings is 1. The molecule has 33 heavy (non-hydrogen) atoms. The number of benzene rings is 2. The minimum atomic E-state index is -0.585. The number of para-hydroxylation sites is 1. The van der Waals surface area contributed by atoms with Crippen LogP contribution < -0.4 is 19.0 Å². The molecule has 0 atom stereocenters. The van der Waals surface area contributed by atoms with E-state index in [1.165, 1.54) is 32.7 Å². The van der Waals surface area contributed by atoms with E-state index in [9.17, 15) is 9.59 Å². The van der Waals surface area contributed by atoms with Crippen LogP contribution in [0.5, 0.6) is 17.2 Å². The second-order valence-electron chi connectivity index (χ2n) is 6.86. The number of ether oxygens (including phenoxy) is 4. The third kappa shape index (κ3) is 4.29. The van der Waals surface area contributed by atoms with Gasteiger partial charge < -0.3 is 27.9 Å². The first-order chi connectivity index (χ1) is 16.0. The van der Waals surface area contributed by atoms with Crippen molar-refractivity contribution in [3.05, 3.63) is 47.0 Å². The van der Waals surface area contributed by atoms with Gasteiger partial charge in [0, 0.05) is 17.5 Å². The van der Waals surface area contributed by atoms with Gasteiger partial charge in [-0.1, -0.05) is 23.5 Å². The van der Waals surface area contributed by atoms with Crippen molar-refractivity contribution in [3.63, 3.8) is 0 Å². The summed E-state index contributed by atoms with van der Waals surface area (Å²) in [5.74, 6) is 0.557. The highest BCUT2D eigenvalue weighted by atomic mass is 32.1. The molecular weight excluding hydrogens is 448 g/mol. The number of fused-ring (bicyclic) bond motifs is 2. The zero-order valence-electron chi connectivity index (χ0n) is 18.5. The normalized spacial score (nSPS) is 11.7. The topological polar surface area (TPSA) is 101 Å². The average molecular weight is 471 g/mol. The molecule has 0 radical (unpaired) electrons. The molecule has 4 aromatic rings. The Kier molecular flexibility index (Phi) is 6.36. The summed E-state index contributed by atoms with van der Waals surface area (Å²) in [6, 6.07) is 10.5. The summed E-state index contributed by atoms with van der Waals surface area (Å²) in [5, 5.41) is 0.729. The van der Waals surface area contributed by atoms with Gasteiger partial charge in [0.15, 0.2) is 33.4 Å². The first kappa shape index (κ1) is 22.4. The SMILES string of the molecule is CCOc1cccc2cc(C(=O)N=c3sc4cc(OC)c(OC)cc4n3CC(=O)OC)oc12. The molecule has 0 saturated carbocycles. The molecule has 0 N–H and O–H groups in total. The van der Waals surface area contributed by atoms with E-state index in [1.54, 1.807) is 28.8 Å². The molecule has 2 heterocycles. The molecular formula is C23H22N2O7S. The smallest absolute Gasteiger partial charge is 0.325 e. The molecule has 0 bridgehead atoms. The van der Waals surface area contributed by atoms with E-state index in [0.717, 1.165) is 10.1 Å². The first-order valence-electron chi connectivity index (χ1n) is 10.1. The summed E-state index contributed by atoms with van der Waals surface area (Å²) in [6.07, 6.45) is 0. The van der Waals surface area contributed by atoms with Gasteiger partial charge in [0.2, 0.25) is 0 Å². The summed E-state index contributed by atoms with van der Waals surface area (Å²) in [4.78, 5) is 29.6. The van der Waals surface area contributed by atoms with E-state index in [2.05, 4.69) is 4.99 Å². The van der Waals surface area contributed by atoms with Gasteiger partial charge in [-0.2, -0.15) is 4.99 Å². The number of methoxy groups -OCH3 is 3. The van der Waals surface area contributed by atoms with Crippen LogP contribution in [0.3, 0.4) is 0 Å². The van der Waals surface area contributed by atoms with Crippen molar-refractivity contribution in [1.29, 1.82) is 0 Å². The number of amides is 1. The standard InChI is InChI=1S/C23H22N2O7S/c1-5-31-15-8-6-7-13-9-18(32-21(13)15)22(27)24-23-25(12-20(26)30-4)14-10-16(28-2)17(29-3)11-19(14)33-23/h6-11H,5,12H2,1-4H3. The number of rotatable bonds is 7. The first-order valence-corrected chi connectivity index (χ1v) is 10.9. The highest BCUT2D eigenvalue weighted by molar-refractivity contribution is 7.16. The Hall–Kier alpha value is -3.79.